The van der Waals surface area contributed by atoms with E-state index in [4.69, 9.17) is 5.26 Å². The number of nitrogens with zero attached hydrogens (tertiary/aromatic N) is 3. The molecule has 0 spiro atoms. The first-order chi connectivity index (χ1) is 9.13. The molecule has 0 bridgehead atoms. The quantitative estimate of drug-likeness (QED) is 0.815. The largest absolute Gasteiger partial charge is 0.311 e. The van der Waals surface area contributed by atoms with Gasteiger partial charge in [0.1, 0.15) is 11.9 Å². The highest BCUT2D eigenvalue weighted by Gasteiger charge is 2.31. The van der Waals surface area contributed by atoms with Gasteiger partial charge in [-0.25, -0.2) is 4.39 Å². The summed E-state index contributed by atoms with van der Waals surface area (Å²) < 4.78 is 12.9. The first kappa shape index (κ1) is 13.5. The molecule has 1 atom stereocenters. The monoisotopic (exact) mass is 261 g/mol. The molecule has 100 valence electrons. The normalized spacial score (nSPS) is 21.0. The smallest absolute Gasteiger partial charge is 0.245 e. The van der Waals surface area contributed by atoms with Crippen molar-refractivity contribution < 1.29 is 9.18 Å². The number of nitriles is 1. The van der Waals surface area contributed by atoms with Crippen LogP contribution in [0.3, 0.4) is 0 Å². The Hall–Kier alpha value is -1.93. The van der Waals surface area contributed by atoms with Crippen LogP contribution < -0.4 is 4.90 Å². The van der Waals surface area contributed by atoms with E-state index in [-0.39, 0.29) is 18.1 Å². The van der Waals surface area contributed by atoms with E-state index in [1.54, 1.807) is 17.0 Å². The molecule has 5 heteroatoms. The maximum absolute atomic E-state index is 12.9. The highest BCUT2D eigenvalue weighted by Crippen LogP contribution is 2.21. The van der Waals surface area contributed by atoms with Gasteiger partial charge in [0.25, 0.3) is 0 Å². The SMILES string of the molecule is CN1CCCN(c2ccc(F)cc2)C(=O)C1CC#N. The molecule has 1 aromatic rings. The van der Waals surface area contributed by atoms with Crippen LogP contribution in [0.4, 0.5) is 10.1 Å². The van der Waals surface area contributed by atoms with Crippen molar-refractivity contribution in [1.29, 1.82) is 5.26 Å². The van der Waals surface area contributed by atoms with Gasteiger partial charge in [-0.05, 0) is 37.7 Å². The predicted octanol–water partition coefficient (Wildman–Crippen LogP) is 1.78. The fraction of sp³-hybridized carbons (Fsp3) is 0.429. The number of benzene rings is 1. The van der Waals surface area contributed by atoms with Crippen molar-refractivity contribution in [3.05, 3.63) is 30.1 Å². The number of carbonyl (C=O) groups is 1. The van der Waals surface area contributed by atoms with Gasteiger partial charge in [0, 0.05) is 18.8 Å². The third kappa shape index (κ3) is 2.91. The summed E-state index contributed by atoms with van der Waals surface area (Å²) in [5.74, 6) is -0.412. The fourth-order valence-electron chi connectivity index (χ4n) is 2.32. The summed E-state index contributed by atoms with van der Waals surface area (Å²) >= 11 is 0. The Kier molecular flexibility index (Phi) is 4.13. The molecule has 2 rings (SSSR count). The molecule has 0 aromatic heterocycles. The summed E-state index contributed by atoms with van der Waals surface area (Å²) in [6.45, 7) is 1.37. The number of rotatable bonds is 2. The van der Waals surface area contributed by atoms with Crippen LogP contribution in [0.1, 0.15) is 12.8 Å². The van der Waals surface area contributed by atoms with Gasteiger partial charge in [0.15, 0.2) is 0 Å². The van der Waals surface area contributed by atoms with Crippen molar-refractivity contribution in [3.8, 4) is 6.07 Å². The topological polar surface area (TPSA) is 47.3 Å². The van der Waals surface area contributed by atoms with Crippen molar-refractivity contribution in [1.82, 2.24) is 4.90 Å². The average molecular weight is 261 g/mol. The van der Waals surface area contributed by atoms with E-state index in [9.17, 15) is 9.18 Å². The lowest BCUT2D eigenvalue weighted by Crippen LogP contribution is -2.44. The molecule has 1 unspecified atom stereocenters. The molecule has 1 aromatic carbocycles. The van der Waals surface area contributed by atoms with Crippen LogP contribution >= 0.6 is 0 Å². The van der Waals surface area contributed by atoms with Gasteiger partial charge in [0.05, 0.1) is 12.5 Å². The van der Waals surface area contributed by atoms with Gasteiger partial charge in [-0.3, -0.25) is 9.69 Å². The Labute approximate surface area is 112 Å². The van der Waals surface area contributed by atoms with Gasteiger partial charge in [-0.2, -0.15) is 5.26 Å². The second-order valence-electron chi connectivity index (χ2n) is 4.68. The second-order valence-corrected chi connectivity index (χ2v) is 4.68. The third-order valence-corrected chi connectivity index (χ3v) is 3.40. The first-order valence-corrected chi connectivity index (χ1v) is 6.27. The van der Waals surface area contributed by atoms with E-state index in [2.05, 4.69) is 6.07 Å². The van der Waals surface area contributed by atoms with Crippen LogP contribution in [-0.2, 0) is 4.79 Å². The van der Waals surface area contributed by atoms with Crippen molar-refractivity contribution >= 4 is 11.6 Å². The highest BCUT2D eigenvalue weighted by molar-refractivity contribution is 5.97. The average Bonchev–Trinajstić information content (AvgIpc) is 2.53. The summed E-state index contributed by atoms with van der Waals surface area (Å²) in [5, 5.41) is 8.84. The minimum absolute atomic E-state index is 0.0897. The van der Waals surface area contributed by atoms with Crippen LogP contribution in [0, 0.1) is 17.1 Å². The lowest BCUT2D eigenvalue weighted by Gasteiger charge is -2.26. The molecule has 4 nitrogen and oxygen atoms in total. The minimum Gasteiger partial charge on any atom is -0.311 e. The molecule has 1 aliphatic rings. The summed E-state index contributed by atoms with van der Waals surface area (Å²) in [5.41, 5.74) is 0.685. The predicted molar refractivity (Wildman–Crippen MR) is 70.0 cm³/mol. The Morgan fingerprint density at radius 1 is 1.37 bits per heavy atom. The van der Waals surface area contributed by atoms with E-state index in [1.165, 1.54) is 12.1 Å². The Balaban J connectivity index is 2.27. The van der Waals surface area contributed by atoms with E-state index >= 15 is 0 Å². The summed E-state index contributed by atoms with van der Waals surface area (Å²) in [6.07, 6.45) is 1.01. The number of carbonyl (C=O) groups excluding carboxylic acids is 1. The molecule has 0 radical (unpaired) electrons. The maximum atomic E-state index is 12.9. The van der Waals surface area contributed by atoms with Crippen LogP contribution in [0.2, 0.25) is 0 Å². The summed E-state index contributed by atoms with van der Waals surface area (Å²) in [6, 6.07) is 7.52. The Morgan fingerprint density at radius 3 is 2.68 bits per heavy atom. The molecule has 0 aliphatic carbocycles. The highest BCUT2D eigenvalue weighted by atomic mass is 19.1. The van der Waals surface area contributed by atoms with Gasteiger partial charge >= 0.3 is 0 Å². The number of hydrogen-bond acceptors (Lipinski definition) is 3. The molecule has 0 N–H and O–H groups in total. The molecule has 1 fully saturated rings. The van der Waals surface area contributed by atoms with Crippen molar-refractivity contribution in [2.75, 3.05) is 25.0 Å². The van der Waals surface area contributed by atoms with E-state index in [0.717, 1.165) is 13.0 Å². The molecule has 0 saturated carbocycles. The lowest BCUT2D eigenvalue weighted by atomic mass is 10.1. The molecule has 1 heterocycles. The summed E-state index contributed by atoms with van der Waals surface area (Å²) in [7, 11) is 1.86. The maximum Gasteiger partial charge on any atom is 0.245 e. The number of amides is 1. The van der Waals surface area contributed by atoms with Crippen LogP contribution in [0.5, 0.6) is 0 Å². The van der Waals surface area contributed by atoms with Crippen LogP contribution in [0.25, 0.3) is 0 Å². The van der Waals surface area contributed by atoms with Crippen molar-refractivity contribution in [3.63, 3.8) is 0 Å². The molecule has 1 saturated heterocycles. The third-order valence-electron chi connectivity index (χ3n) is 3.40. The zero-order valence-electron chi connectivity index (χ0n) is 10.8. The van der Waals surface area contributed by atoms with Gasteiger partial charge in [-0.15, -0.1) is 0 Å². The van der Waals surface area contributed by atoms with E-state index in [1.807, 2.05) is 11.9 Å². The van der Waals surface area contributed by atoms with Crippen LogP contribution in [-0.4, -0.2) is 37.0 Å². The molecular formula is C14H16FN3O. The van der Waals surface area contributed by atoms with E-state index in [0.29, 0.717) is 12.2 Å². The lowest BCUT2D eigenvalue weighted by molar-refractivity contribution is -0.122. The van der Waals surface area contributed by atoms with Gasteiger partial charge in [-0.1, -0.05) is 0 Å². The van der Waals surface area contributed by atoms with Gasteiger partial charge in [0.2, 0.25) is 5.91 Å². The molecular weight excluding hydrogens is 245 g/mol. The van der Waals surface area contributed by atoms with Crippen LogP contribution in [0.15, 0.2) is 24.3 Å². The summed E-state index contributed by atoms with van der Waals surface area (Å²) in [4.78, 5) is 16.0. The second kappa shape index (κ2) is 5.81. The van der Waals surface area contributed by atoms with E-state index < -0.39 is 6.04 Å². The number of halogens is 1. The standard InChI is InChI=1S/C14H16FN3O/c1-17-9-2-10-18(14(19)13(17)7-8-16)12-5-3-11(15)4-6-12/h3-6,13H,2,7,9-10H2,1H3. The molecule has 19 heavy (non-hydrogen) atoms. The minimum atomic E-state index is -0.419. The Bertz CT molecular complexity index is 494. The van der Waals surface area contributed by atoms with Crippen molar-refractivity contribution in [2.24, 2.45) is 0 Å². The number of likely N-dealkylation sites (N-methyl/N-ethyl adjacent to an activating group) is 1. The zero-order chi connectivity index (χ0) is 13.8. The fourth-order valence-corrected chi connectivity index (χ4v) is 2.32. The number of anilines is 1. The van der Waals surface area contributed by atoms with Crippen molar-refractivity contribution in [2.45, 2.75) is 18.9 Å². The number of hydrogen-bond donors (Lipinski definition) is 0. The molecule has 1 aliphatic heterocycles. The van der Waals surface area contributed by atoms with Gasteiger partial charge < -0.3 is 4.90 Å². The first-order valence-electron chi connectivity index (χ1n) is 6.27. The Morgan fingerprint density at radius 2 is 2.05 bits per heavy atom. The molecule has 1 amide bonds. The zero-order valence-corrected chi connectivity index (χ0v) is 10.8.